The molecule has 1 aliphatic rings. The molecule has 94 valence electrons. The van der Waals surface area contributed by atoms with Crippen LogP contribution in [0.5, 0.6) is 5.75 Å². The molecule has 1 aliphatic carbocycles. The molecule has 3 nitrogen and oxygen atoms in total. The van der Waals surface area contributed by atoms with Crippen LogP contribution in [0.15, 0.2) is 22.7 Å². The summed E-state index contributed by atoms with van der Waals surface area (Å²) in [5.41, 5.74) is 4.22. The van der Waals surface area contributed by atoms with Gasteiger partial charge in [0, 0.05) is 6.04 Å². The number of rotatable bonds is 5. The lowest BCUT2D eigenvalue weighted by Gasteiger charge is -2.16. The summed E-state index contributed by atoms with van der Waals surface area (Å²) in [6.07, 6.45) is 2.25. The first-order valence-electron chi connectivity index (χ1n) is 5.94. The first kappa shape index (κ1) is 12.9. The molecule has 1 saturated carbocycles. The SMILES string of the molecule is COc1ccc(CC(NN)C2CC2C)cc1Br. The van der Waals surface area contributed by atoms with Gasteiger partial charge in [-0.3, -0.25) is 11.3 Å². The Hall–Kier alpha value is -0.580. The van der Waals surface area contributed by atoms with Gasteiger partial charge in [-0.2, -0.15) is 0 Å². The van der Waals surface area contributed by atoms with Gasteiger partial charge in [0.2, 0.25) is 0 Å². The number of hydrogen-bond acceptors (Lipinski definition) is 3. The third-order valence-corrected chi connectivity index (χ3v) is 4.19. The zero-order valence-corrected chi connectivity index (χ0v) is 11.8. The zero-order valence-electron chi connectivity index (χ0n) is 10.2. The molecule has 4 heteroatoms. The summed E-state index contributed by atoms with van der Waals surface area (Å²) in [7, 11) is 1.68. The van der Waals surface area contributed by atoms with Crippen molar-refractivity contribution < 1.29 is 4.74 Å². The number of nitrogens with one attached hydrogen (secondary N) is 1. The Labute approximate surface area is 111 Å². The highest BCUT2D eigenvalue weighted by molar-refractivity contribution is 9.10. The van der Waals surface area contributed by atoms with E-state index in [1.807, 2.05) is 6.07 Å². The van der Waals surface area contributed by atoms with Gasteiger partial charge >= 0.3 is 0 Å². The highest BCUT2D eigenvalue weighted by Gasteiger charge is 2.38. The second kappa shape index (κ2) is 5.38. The van der Waals surface area contributed by atoms with Crippen molar-refractivity contribution in [3.05, 3.63) is 28.2 Å². The first-order valence-corrected chi connectivity index (χ1v) is 6.73. The Kier molecular flexibility index (Phi) is 4.07. The highest BCUT2D eigenvalue weighted by atomic mass is 79.9. The lowest BCUT2D eigenvalue weighted by Crippen LogP contribution is -2.38. The standard InChI is InChI=1S/C13H19BrN2O/c1-8-5-10(8)12(16-15)7-9-3-4-13(17-2)11(14)6-9/h3-4,6,8,10,12,16H,5,7,15H2,1-2H3. The van der Waals surface area contributed by atoms with Crippen LogP contribution in [0.2, 0.25) is 0 Å². The van der Waals surface area contributed by atoms with E-state index in [1.54, 1.807) is 7.11 Å². The van der Waals surface area contributed by atoms with Crippen LogP contribution in [0.3, 0.4) is 0 Å². The van der Waals surface area contributed by atoms with E-state index in [9.17, 15) is 0 Å². The van der Waals surface area contributed by atoms with Crippen LogP contribution in [0, 0.1) is 11.8 Å². The van der Waals surface area contributed by atoms with Gasteiger partial charge in [0.1, 0.15) is 5.75 Å². The van der Waals surface area contributed by atoms with Crippen LogP contribution in [-0.2, 0) is 6.42 Å². The van der Waals surface area contributed by atoms with Crippen LogP contribution in [0.4, 0.5) is 0 Å². The molecule has 1 aromatic carbocycles. The van der Waals surface area contributed by atoms with Gasteiger partial charge in [-0.15, -0.1) is 0 Å². The zero-order chi connectivity index (χ0) is 12.4. The fourth-order valence-corrected chi connectivity index (χ4v) is 2.92. The van der Waals surface area contributed by atoms with Crippen LogP contribution in [0.1, 0.15) is 18.9 Å². The van der Waals surface area contributed by atoms with Gasteiger partial charge in [0.05, 0.1) is 11.6 Å². The second-order valence-electron chi connectivity index (χ2n) is 4.82. The fraction of sp³-hybridized carbons (Fsp3) is 0.538. The summed E-state index contributed by atoms with van der Waals surface area (Å²) in [5, 5.41) is 0. The molecule has 0 amide bonds. The summed E-state index contributed by atoms with van der Waals surface area (Å²) >= 11 is 3.51. The summed E-state index contributed by atoms with van der Waals surface area (Å²) < 4.78 is 6.22. The lowest BCUT2D eigenvalue weighted by atomic mass is 10.0. The smallest absolute Gasteiger partial charge is 0.133 e. The van der Waals surface area contributed by atoms with E-state index in [0.29, 0.717) is 6.04 Å². The second-order valence-corrected chi connectivity index (χ2v) is 5.68. The van der Waals surface area contributed by atoms with E-state index < -0.39 is 0 Å². The molecule has 2 rings (SSSR count). The van der Waals surface area contributed by atoms with Crippen molar-refractivity contribution in [2.24, 2.45) is 17.7 Å². The topological polar surface area (TPSA) is 47.3 Å². The number of hydrazine groups is 1. The lowest BCUT2D eigenvalue weighted by molar-refractivity contribution is 0.411. The van der Waals surface area contributed by atoms with Crippen molar-refractivity contribution in [1.29, 1.82) is 0 Å². The fourth-order valence-electron chi connectivity index (χ4n) is 2.34. The molecule has 0 saturated heterocycles. The molecule has 0 bridgehead atoms. The average molecular weight is 299 g/mol. The van der Waals surface area contributed by atoms with E-state index >= 15 is 0 Å². The molecular weight excluding hydrogens is 280 g/mol. The number of methoxy groups -OCH3 is 1. The Morgan fingerprint density at radius 1 is 1.59 bits per heavy atom. The molecule has 0 radical (unpaired) electrons. The molecule has 3 N–H and O–H groups in total. The van der Waals surface area contributed by atoms with Gasteiger partial charge in [-0.25, -0.2) is 0 Å². The minimum absolute atomic E-state index is 0.380. The van der Waals surface area contributed by atoms with E-state index in [-0.39, 0.29) is 0 Å². The summed E-state index contributed by atoms with van der Waals surface area (Å²) in [6.45, 7) is 2.28. The predicted molar refractivity (Wildman–Crippen MR) is 72.8 cm³/mol. The number of halogens is 1. The summed E-state index contributed by atoms with van der Waals surface area (Å²) in [4.78, 5) is 0. The quantitative estimate of drug-likeness (QED) is 0.648. The molecule has 0 aliphatic heterocycles. The van der Waals surface area contributed by atoms with Gasteiger partial charge in [-0.1, -0.05) is 13.0 Å². The Bertz CT molecular complexity index is 397. The maximum absolute atomic E-state index is 5.63. The Balaban J connectivity index is 2.04. The van der Waals surface area contributed by atoms with Crippen molar-refractivity contribution in [1.82, 2.24) is 5.43 Å². The molecule has 3 atom stereocenters. The van der Waals surface area contributed by atoms with Crippen LogP contribution >= 0.6 is 15.9 Å². The number of ether oxygens (including phenoxy) is 1. The average Bonchev–Trinajstić information content (AvgIpc) is 3.03. The van der Waals surface area contributed by atoms with E-state index in [2.05, 4.69) is 40.4 Å². The van der Waals surface area contributed by atoms with Crippen molar-refractivity contribution in [3.8, 4) is 5.75 Å². The molecule has 3 unspecified atom stereocenters. The molecule has 17 heavy (non-hydrogen) atoms. The van der Waals surface area contributed by atoms with Gasteiger partial charge < -0.3 is 4.74 Å². The van der Waals surface area contributed by atoms with Crippen LogP contribution in [0.25, 0.3) is 0 Å². The molecule has 0 aromatic heterocycles. The number of benzene rings is 1. The summed E-state index contributed by atoms with van der Waals surface area (Å²) in [6, 6.07) is 6.57. The third kappa shape index (κ3) is 3.00. The maximum Gasteiger partial charge on any atom is 0.133 e. The van der Waals surface area contributed by atoms with Crippen molar-refractivity contribution >= 4 is 15.9 Å². The van der Waals surface area contributed by atoms with Crippen LogP contribution in [-0.4, -0.2) is 13.2 Å². The predicted octanol–water partition coefficient (Wildman–Crippen LogP) is 2.49. The van der Waals surface area contributed by atoms with Crippen molar-refractivity contribution in [2.75, 3.05) is 7.11 Å². The largest absolute Gasteiger partial charge is 0.496 e. The van der Waals surface area contributed by atoms with E-state index in [0.717, 1.165) is 28.5 Å². The minimum Gasteiger partial charge on any atom is -0.496 e. The summed E-state index contributed by atoms with van der Waals surface area (Å²) in [5.74, 6) is 8.02. The van der Waals surface area contributed by atoms with Gasteiger partial charge in [0.25, 0.3) is 0 Å². The molecule has 0 spiro atoms. The van der Waals surface area contributed by atoms with Gasteiger partial charge in [-0.05, 0) is 58.3 Å². The van der Waals surface area contributed by atoms with Gasteiger partial charge in [0.15, 0.2) is 0 Å². The normalized spacial score (nSPS) is 24.5. The first-order chi connectivity index (χ1) is 8.15. The van der Waals surface area contributed by atoms with E-state index in [1.165, 1.54) is 12.0 Å². The third-order valence-electron chi connectivity index (χ3n) is 3.57. The molecule has 1 aromatic rings. The maximum atomic E-state index is 5.63. The Morgan fingerprint density at radius 2 is 2.29 bits per heavy atom. The van der Waals surface area contributed by atoms with Crippen molar-refractivity contribution in [2.45, 2.75) is 25.8 Å². The Morgan fingerprint density at radius 3 is 2.76 bits per heavy atom. The number of nitrogens with two attached hydrogens (primary N) is 1. The van der Waals surface area contributed by atoms with Crippen molar-refractivity contribution in [3.63, 3.8) is 0 Å². The molecular formula is C13H19BrN2O. The molecule has 0 heterocycles. The van der Waals surface area contributed by atoms with E-state index in [4.69, 9.17) is 10.6 Å². The highest BCUT2D eigenvalue weighted by Crippen LogP contribution is 2.41. The monoisotopic (exact) mass is 298 g/mol. The number of hydrogen-bond donors (Lipinski definition) is 2. The molecule has 1 fully saturated rings. The van der Waals surface area contributed by atoms with Crippen LogP contribution < -0.4 is 16.0 Å². The minimum atomic E-state index is 0.380.